The number of hydrogen-bond donors (Lipinski definition) is 2. The van der Waals surface area contributed by atoms with Gasteiger partial charge in [0.05, 0.1) is 34.5 Å². The third-order valence-electron chi connectivity index (χ3n) is 5.40. The van der Waals surface area contributed by atoms with Crippen LogP contribution in [0.2, 0.25) is 0 Å². The molecule has 2 unspecified atom stereocenters. The molecule has 134 valence electrons. The molecular formula is C18H22N2O5. The van der Waals surface area contributed by atoms with Crippen LogP contribution >= 0.6 is 0 Å². The number of aryl methyl sites for hydroxylation is 1. The van der Waals surface area contributed by atoms with Crippen LogP contribution in [0.3, 0.4) is 0 Å². The summed E-state index contributed by atoms with van der Waals surface area (Å²) in [6, 6.07) is 3.23. The number of rotatable bonds is 5. The summed E-state index contributed by atoms with van der Waals surface area (Å²) in [7, 11) is 0. The quantitative estimate of drug-likeness (QED) is 0.634. The Morgan fingerprint density at radius 2 is 2.24 bits per heavy atom. The van der Waals surface area contributed by atoms with E-state index in [0.717, 1.165) is 17.5 Å². The number of carboxylic acids is 1. The summed E-state index contributed by atoms with van der Waals surface area (Å²) in [5, 5.41) is 21.6. The van der Waals surface area contributed by atoms with Crippen LogP contribution in [0.15, 0.2) is 12.1 Å². The van der Waals surface area contributed by atoms with Crippen molar-refractivity contribution in [3.63, 3.8) is 0 Å². The minimum Gasteiger partial charge on any atom is -0.481 e. The van der Waals surface area contributed by atoms with Crippen LogP contribution in [0.5, 0.6) is 0 Å². The molecule has 2 atom stereocenters. The van der Waals surface area contributed by atoms with Crippen LogP contribution in [-0.4, -0.2) is 27.6 Å². The number of nitrogens with zero attached hydrogens (tertiary/aromatic N) is 1. The van der Waals surface area contributed by atoms with E-state index in [0.29, 0.717) is 29.6 Å². The van der Waals surface area contributed by atoms with E-state index in [1.54, 1.807) is 6.07 Å². The minimum atomic E-state index is -0.993. The molecule has 0 bridgehead atoms. The van der Waals surface area contributed by atoms with Gasteiger partial charge in [-0.15, -0.1) is 0 Å². The zero-order valence-corrected chi connectivity index (χ0v) is 14.6. The smallest absolute Gasteiger partial charge is 0.306 e. The second-order valence-corrected chi connectivity index (χ2v) is 6.76. The van der Waals surface area contributed by atoms with Crippen LogP contribution in [-0.2, 0) is 21.6 Å². The van der Waals surface area contributed by atoms with E-state index in [1.165, 1.54) is 6.07 Å². The lowest BCUT2D eigenvalue weighted by Gasteiger charge is -2.40. The van der Waals surface area contributed by atoms with Gasteiger partial charge in [0.25, 0.3) is 5.69 Å². The first kappa shape index (κ1) is 17.4. The van der Waals surface area contributed by atoms with Crippen molar-refractivity contribution >= 4 is 22.6 Å². The number of non-ortho nitro benzene ring substituents is 1. The van der Waals surface area contributed by atoms with Crippen LogP contribution in [0, 0.1) is 23.0 Å². The van der Waals surface area contributed by atoms with E-state index in [4.69, 9.17) is 4.74 Å². The summed E-state index contributed by atoms with van der Waals surface area (Å²) in [6.45, 7) is 6.19. The molecule has 0 saturated heterocycles. The van der Waals surface area contributed by atoms with Gasteiger partial charge in [-0.2, -0.15) is 0 Å². The van der Waals surface area contributed by atoms with Crippen molar-refractivity contribution in [1.29, 1.82) is 0 Å². The van der Waals surface area contributed by atoms with Crippen molar-refractivity contribution in [2.75, 3.05) is 6.61 Å². The minimum absolute atomic E-state index is 0.0462. The van der Waals surface area contributed by atoms with Crippen molar-refractivity contribution in [3.8, 4) is 0 Å². The molecule has 1 aliphatic rings. The lowest BCUT2D eigenvalue weighted by Crippen LogP contribution is -2.43. The number of aliphatic carboxylic acids is 1. The Hall–Kier alpha value is -2.41. The number of aromatic nitrogens is 1. The van der Waals surface area contributed by atoms with Gasteiger partial charge in [-0.3, -0.25) is 14.9 Å². The molecule has 0 amide bonds. The van der Waals surface area contributed by atoms with Crippen molar-refractivity contribution in [1.82, 2.24) is 4.98 Å². The Labute approximate surface area is 145 Å². The molecule has 2 heterocycles. The van der Waals surface area contributed by atoms with E-state index in [-0.39, 0.29) is 22.9 Å². The Morgan fingerprint density at radius 3 is 2.84 bits per heavy atom. The third kappa shape index (κ3) is 2.59. The zero-order chi connectivity index (χ0) is 18.4. The van der Waals surface area contributed by atoms with Crippen LogP contribution in [0.25, 0.3) is 10.9 Å². The second-order valence-electron chi connectivity index (χ2n) is 6.76. The molecule has 0 saturated carbocycles. The van der Waals surface area contributed by atoms with Gasteiger partial charge in [0.2, 0.25) is 0 Å². The molecule has 2 N–H and O–H groups in total. The average Bonchev–Trinajstić information content (AvgIpc) is 2.95. The fraction of sp³-hybridized carbons (Fsp3) is 0.500. The molecule has 0 radical (unpaired) electrons. The van der Waals surface area contributed by atoms with Crippen LogP contribution < -0.4 is 0 Å². The Morgan fingerprint density at radius 1 is 1.52 bits per heavy atom. The van der Waals surface area contributed by atoms with Gasteiger partial charge in [-0.25, -0.2) is 0 Å². The summed E-state index contributed by atoms with van der Waals surface area (Å²) in [5.74, 6) is -0.992. The molecule has 3 rings (SSSR count). The van der Waals surface area contributed by atoms with Crippen molar-refractivity contribution in [3.05, 3.63) is 39.1 Å². The number of nitro benzene ring substituents is 1. The maximum Gasteiger partial charge on any atom is 0.306 e. The van der Waals surface area contributed by atoms with Gasteiger partial charge in [0.15, 0.2) is 0 Å². The summed E-state index contributed by atoms with van der Waals surface area (Å²) in [5.41, 5.74) is 2.15. The number of fused-ring (bicyclic) bond motifs is 3. The van der Waals surface area contributed by atoms with Crippen LogP contribution in [0.4, 0.5) is 5.69 Å². The second kappa shape index (κ2) is 6.15. The third-order valence-corrected chi connectivity index (χ3v) is 5.40. The number of nitrogens with one attached hydrogen (secondary N) is 1. The highest BCUT2D eigenvalue weighted by atomic mass is 16.6. The maximum absolute atomic E-state index is 11.6. The van der Waals surface area contributed by atoms with Gasteiger partial charge in [0, 0.05) is 6.07 Å². The number of carboxylic acid groups (broad SMARTS) is 1. The standard InChI is InChI=1S/C18H22N2O5/c1-4-11(3)18(9-14(21)22)17-12(7-8-25-18)15-13(20(23)24)6-5-10(2)16(15)19-17/h5-6,11,19H,4,7-9H2,1-3H3,(H,21,22). The molecular weight excluding hydrogens is 324 g/mol. The number of aromatic amines is 1. The molecule has 2 aromatic rings. The van der Waals surface area contributed by atoms with Gasteiger partial charge >= 0.3 is 5.97 Å². The lowest BCUT2D eigenvalue weighted by atomic mass is 9.77. The molecule has 0 aliphatic carbocycles. The maximum atomic E-state index is 11.6. The first-order chi connectivity index (χ1) is 11.8. The van der Waals surface area contributed by atoms with E-state index >= 15 is 0 Å². The van der Waals surface area contributed by atoms with Crippen molar-refractivity contribution < 1.29 is 19.6 Å². The lowest BCUT2D eigenvalue weighted by molar-refractivity contribution is -0.383. The predicted octanol–water partition coefficient (Wildman–Crippen LogP) is 3.67. The van der Waals surface area contributed by atoms with Gasteiger partial charge < -0.3 is 14.8 Å². The molecule has 7 heteroatoms. The Balaban J connectivity index is 2.35. The summed E-state index contributed by atoms with van der Waals surface area (Å²) in [4.78, 5) is 26.0. The van der Waals surface area contributed by atoms with Crippen molar-refractivity contribution in [2.45, 2.75) is 45.6 Å². The fourth-order valence-electron chi connectivity index (χ4n) is 3.92. The molecule has 0 fully saturated rings. The zero-order valence-electron chi connectivity index (χ0n) is 14.6. The molecule has 1 aromatic heterocycles. The number of H-pyrrole nitrogens is 1. The average molecular weight is 346 g/mol. The number of hydrogen-bond acceptors (Lipinski definition) is 4. The van der Waals surface area contributed by atoms with Crippen molar-refractivity contribution in [2.24, 2.45) is 5.92 Å². The molecule has 1 aromatic carbocycles. The summed E-state index contributed by atoms with van der Waals surface area (Å²) >= 11 is 0. The number of nitro groups is 1. The van der Waals surface area contributed by atoms with Gasteiger partial charge in [0.1, 0.15) is 5.60 Å². The first-order valence-electron chi connectivity index (χ1n) is 8.46. The monoisotopic (exact) mass is 346 g/mol. The largest absolute Gasteiger partial charge is 0.481 e. The van der Waals surface area contributed by atoms with E-state index in [9.17, 15) is 20.0 Å². The highest BCUT2D eigenvalue weighted by Crippen LogP contribution is 2.47. The first-order valence-corrected chi connectivity index (χ1v) is 8.46. The topological polar surface area (TPSA) is 105 Å². The fourth-order valence-corrected chi connectivity index (χ4v) is 3.92. The van der Waals surface area contributed by atoms with E-state index in [1.807, 2.05) is 20.8 Å². The normalized spacial score (nSPS) is 21.1. The Bertz CT molecular complexity index is 857. The van der Waals surface area contributed by atoms with Gasteiger partial charge in [-0.1, -0.05) is 26.3 Å². The molecule has 0 spiro atoms. The van der Waals surface area contributed by atoms with E-state index in [2.05, 4.69) is 4.98 Å². The highest BCUT2D eigenvalue weighted by Gasteiger charge is 2.46. The SMILES string of the molecule is CCC(C)C1(CC(=O)O)OCCc2c1[nH]c1c(C)ccc([N+](=O)[O-])c21. The molecule has 7 nitrogen and oxygen atoms in total. The highest BCUT2D eigenvalue weighted by molar-refractivity contribution is 5.95. The number of carbonyl (C=O) groups is 1. The van der Waals surface area contributed by atoms with Crippen LogP contribution in [0.1, 0.15) is 43.5 Å². The number of benzene rings is 1. The Kier molecular flexibility index (Phi) is 4.28. The molecule has 25 heavy (non-hydrogen) atoms. The molecule has 1 aliphatic heterocycles. The van der Waals surface area contributed by atoms with Gasteiger partial charge in [-0.05, 0) is 30.4 Å². The number of ether oxygens (including phenoxy) is 1. The summed E-state index contributed by atoms with van der Waals surface area (Å²) in [6.07, 6.45) is 1.09. The summed E-state index contributed by atoms with van der Waals surface area (Å²) < 4.78 is 6.04. The van der Waals surface area contributed by atoms with E-state index < -0.39 is 11.6 Å². The predicted molar refractivity (Wildman–Crippen MR) is 92.7 cm³/mol.